The maximum Gasteiger partial charge on any atom is 0.257 e. The number of fused-ring (bicyclic) bond motifs is 1. The minimum absolute atomic E-state index is 0.0752. The van der Waals surface area contributed by atoms with Crippen LogP contribution in [0.2, 0.25) is 0 Å². The number of aromatic nitrogens is 1. The van der Waals surface area contributed by atoms with Gasteiger partial charge in [-0.3, -0.25) is 4.79 Å². The van der Waals surface area contributed by atoms with Gasteiger partial charge in [-0.05, 0) is 6.07 Å². The lowest BCUT2D eigenvalue weighted by molar-refractivity contribution is 0.0732. The number of ether oxygens (including phenoxy) is 2. The summed E-state index contributed by atoms with van der Waals surface area (Å²) in [4.78, 5) is 19.1. The van der Waals surface area contributed by atoms with Gasteiger partial charge >= 0.3 is 0 Å². The molecular weight excluding hydrogens is 326 g/mol. The van der Waals surface area contributed by atoms with Crippen LogP contribution in [0.1, 0.15) is 47.0 Å². The molecule has 128 valence electrons. The standard InChI is InChI=1S/C17H21N3O3S/c1-9(2)16-19-12(8-24-16)15-18-11-7-14(23-5)13(22-4)6-10(11)17(21)20(15)3/h6-9,15,18H,1-5H3. The summed E-state index contributed by atoms with van der Waals surface area (Å²) in [6, 6.07) is 3.50. The second kappa shape index (κ2) is 6.32. The number of thiazole rings is 1. The van der Waals surface area contributed by atoms with Crippen LogP contribution >= 0.6 is 11.3 Å². The first kappa shape index (κ1) is 16.6. The van der Waals surface area contributed by atoms with E-state index >= 15 is 0 Å². The zero-order valence-corrected chi connectivity index (χ0v) is 15.2. The summed E-state index contributed by atoms with van der Waals surface area (Å²) in [7, 11) is 4.90. The first-order valence-corrected chi connectivity index (χ1v) is 8.59. The zero-order chi connectivity index (χ0) is 17.4. The molecule has 0 radical (unpaired) electrons. The van der Waals surface area contributed by atoms with E-state index in [-0.39, 0.29) is 12.1 Å². The van der Waals surface area contributed by atoms with E-state index in [1.54, 1.807) is 49.6 Å². The molecule has 1 atom stereocenters. The van der Waals surface area contributed by atoms with Crippen molar-refractivity contribution < 1.29 is 14.3 Å². The molecule has 1 N–H and O–H groups in total. The van der Waals surface area contributed by atoms with Gasteiger partial charge < -0.3 is 19.7 Å². The number of nitrogens with one attached hydrogen (secondary N) is 1. The molecule has 1 aliphatic heterocycles. The molecule has 0 bridgehead atoms. The lowest BCUT2D eigenvalue weighted by Gasteiger charge is -2.34. The Kier molecular flexibility index (Phi) is 4.36. The molecule has 2 aromatic rings. The quantitative estimate of drug-likeness (QED) is 0.917. The third-order valence-electron chi connectivity index (χ3n) is 4.07. The third-order valence-corrected chi connectivity index (χ3v) is 5.23. The molecule has 1 aliphatic rings. The van der Waals surface area contributed by atoms with Crippen molar-refractivity contribution in [3.8, 4) is 11.5 Å². The minimum atomic E-state index is -0.299. The van der Waals surface area contributed by atoms with E-state index < -0.39 is 0 Å². The van der Waals surface area contributed by atoms with Gasteiger partial charge in [-0.1, -0.05) is 13.8 Å². The molecule has 0 saturated heterocycles. The van der Waals surface area contributed by atoms with Gasteiger partial charge in [0.15, 0.2) is 11.5 Å². The van der Waals surface area contributed by atoms with E-state index in [0.717, 1.165) is 16.4 Å². The van der Waals surface area contributed by atoms with Crippen molar-refractivity contribution in [2.45, 2.75) is 25.9 Å². The van der Waals surface area contributed by atoms with Gasteiger partial charge in [0.25, 0.3) is 5.91 Å². The Morgan fingerprint density at radius 2 is 1.92 bits per heavy atom. The van der Waals surface area contributed by atoms with Gasteiger partial charge in [-0.2, -0.15) is 0 Å². The minimum Gasteiger partial charge on any atom is -0.493 e. The molecule has 7 heteroatoms. The fourth-order valence-electron chi connectivity index (χ4n) is 2.69. The number of amides is 1. The van der Waals surface area contributed by atoms with Gasteiger partial charge in [0, 0.05) is 24.4 Å². The Balaban J connectivity index is 2.01. The Morgan fingerprint density at radius 3 is 2.50 bits per heavy atom. The fourth-order valence-corrected chi connectivity index (χ4v) is 3.54. The number of carbonyl (C=O) groups is 1. The number of rotatable bonds is 4. The lowest BCUT2D eigenvalue weighted by atomic mass is 10.1. The second-order valence-corrected chi connectivity index (χ2v) is 6.87. The summed E-state index contributed by atoms with van der Waals surface area (Å²) in [6.07, 6.45) is -0.299. The SMILES string of the molecule is COc1cc2c(cc1OC)C(=O)N(C)C(c1csc(C(C)C)n1)N2. The van der Waals surface area contributed by atoms with Crippen LogP contribution in [0, 0.1) is 0 Å². The summed E-state index contributed by atoms with van der Waals surface area (Å²) in [5.74, 6) is 1.41. The van der Waals surface area contributed by atoms with Crippen molar-refractivity contribution in [2.24, 2.45) is 0 Å². The topological polar surface area (TPSA) is 63.7 Å². The average Bonchev–Trinajstić information content (AvgIpc) is 3.07. The number of hydrogen-bond acceptors (Lipinski definition) is 6. The largest absolute Gasteiger partial charge is 0.493 e. The van der Waals surface area contributed by atoms with Crippen molar-refractivity contribution in [1.29, 1.82) is 0 Å². The highest BCUT2D eigenvalue weighted by atomic mass is 32.1. The van der Waals surface area contributed by atoms with E-state index in [4.69, 9.17) is 9.47 Å². The van der Waals surface area contributed by atoms with Crippen LogP contribution in [0.5, 0.6) is 11.5 Å². The van der Waals surface area contributed by atoms with Crippen LogP contribution in [0.25, 0.3) is 0 Å². The van der Waals surface area contributed by atoms with Gasteiger partial charge in [0.1, 0.15) is 6.17 Å². The Hall–Kier alpha value is -2.28. The summed E-state index contributed by atoms with van der Waals surface area (Å²) in [5.41, 5.74) is 2.13. The molecule has 3 rings (SSSR count). The van der Waals surface area contributed by atoms with Crippen LogP contribution in [0.3, 0.4) is 0 Å². The lowest BCUT2D eigenvalue weighted by Crippen LogP contribution is -2.40. The molecule has 24 heavy (non-hydrogen) atoms. The van der Waals surface area contributed by atoms with E-state index in [9.17, 15) is 4.79 Å². The summed E-state index contributed by atoms with van der Waals surface area (Å²) in [6.45, 7) is 4.22. The maximum atomic E-state index is 12.8. The molecule has 0 spiro atoms. The number of hydrogen-bond donors (Lipinski definition) is 1. The molecule has 1 aromatic heterocycles. The van der Waals surface area contributed by atoms with Crippen LogP contribution in [-0.2, 0) is 0 Å². The Labute approximate surface area is 145 Å². The van der Waals surface area contributed by atoms with Crippen LogP contribution < -0.4 is 14.8 Å². The highest BCUT2D eigenvalue weighted by Crippen LogP contribution is 2.39. The summed E-state index contributed by atoms with van der Waals surface area (Å²) < 4.78 is 10.6. The predicted molar refractivity (Wildman–Crippen MR) is 94.2 cm³/mol. The molecule has 6 nitrogen and oxygen atoms in total. The van der Waals surface area contributed by atoms with E-state index in [0.29, 0.717) is 23.0 Å². The summed E-state index contributed by atoms with van der Waals surface area (Å²) in [5, 5.41) is 6.45. The van der Waals surface area contributed by atoms with Crippen molar-refractivity contribution in [3.05, 3.63) is 33.8 Å². The van der Waals surface area contributed by atoms with Crippen LogP contribution in [-0.4, -0.2) is 37.1 Å². The fraction of sp³-hybridized carbons (Fsp3) is 0.412. The molecule has 0 fully saturated rings. The van der Waals surface area contributed by atoms with Crippen molar-refractivity contribution in [3.63, 3.8) is 0 Å². The van der Waals surface area contributed by atoms with Crippen LogP contribution in [0.15, 0.2) is 17.5 Å². The number of benzene rings is 1. The van der Waals surface area contributed by atoms with Crippen LogP contribution in [0.4, 0.5) is 5.69 Å². The highest BCUT2D eigenvalue weighted by Gasteiger charge is 2.33. The maximum absolute atomic E-state index is 12.8. The zero-order valence-electron chi connectivity index (χ0n) is 14.4. The molecule has 2 heterocycles. The van der Waals surface area contributed by atoms with E-state index in [2.05, 4.69) is 24.1 Å². The number of anilines is 1. The number of carbonyl (C=O) groups excluding carboxylic acids is 1. The van der Waals surface area contributed by atoms with Crippen molar-refractivity contribution in [2.75, 3.05) is 26.6 Å². The smallest absolute Gasteiger partial charge is 0.257 e. The van der Waals surface area contributed by atoms with Gasteiger partial charge in [-0.15, -0.1) is 11.3 Å². The van der Waals surface area contributed by atoms with Crippen molar-refractivity contribution in [1.82, 2.24) is 9.88 Å². The molecule has 1 aromatic carbocycles. The van der Waals surface area contributed by atoms with Gasteiger partial charge in [-0.25, -0.2) is 4.98 Å². The second-order valence-electron chi connectivity index (χ2n) is 5.98. The Morgan fingerprint density at radius 1 is 1.25 bits per heavy atom. The number of nitrogens with zero attached hydrogens (tertiary/aromatic N) is 2. The molecular formula is C17H21N3O3S. The van der Waals surface area contributed by atoms with E-state index in [1.807, 2.05) is 5.38 Å². The van der Waals surface area contributed by atoms with Gasteiger partial charge in [0.2, 0.25) is 0 Å². The Bertz CT molecular complexity index is 772. The van der Waals surface area contributed by atoms with Gasteiger partial charge in [0.05, 0.1) is 36.2 Å². The highest BCUT2D eigenvalue weighted by molar-refractivity contribution is 7.09. The molecule has 0 saturated carbocycles. The predicted octanol–water partition coefficient (Wildman–Crippen LogP) is 3.48. The first-order valence-electron chi connectivity index (χ1n) is 7.71. The molecule has 1 amide bonds. The first-order chi connectivity index (χ1) is 11.5. The monoisotopic (exact) mass is 347 g/mol. The summed E-state index contributed by atoms with van der Waals surface area (Å²) >= 11 is 1.62. The average molecular weight is 347 g/mol. The third kappa shape index (κ3) is 2.69. The van der Waals surface area contributed by atoms with E-state index in [1.165, 1.54) is 0 Å². The van der Waals surface area contributed by atoms with Crippen molar-refractivity contribution >= 4 is 22.9 Å². The number of methoxy groups -OCH3 is 2. The molecule has 0 aliphatic carbocycles. The molecule has 1 unspecified atom stereocenters. The normalized spacial score (nSPS) is 16.8.